The van der Waals surface area contributed by atoms with Crippen LogP contribution in [0.4, 0.5) is 0 Å². The Morgan fingerprint density at radius 1 is 1.06 bits per heavy atom. The van der Waals surface area contributed by atoms with E-state index in [2.05, 4.69) is 13.8 Å². The highest BCUT2D eigenvalue weighted by Gasteiger charge is 2.30. The Bertz CT molecular complexity index is 190. The average Bonchev–Trinajstić information content (AvgIpc) is 2.29. The van der Waals surface area contributed by atoms with Gasteiger partial charge < -0.3 is 19.0 Å². The zero-order valence-electron chi connectivity index (χ0n) is 10.9. The van der Waals surface area contributed by atoms with E-state index in [4.69, 9.17) is 19.0 Å². The smallest absolute Gasteiger partial charge is 0.405 e. The second-order valence-electron chi connectivity index (χ2n) is 3.45. The summed E-state index contributed by atoms with van der Waals surface area (Å²) in [6, 6.07) is 0. The SMILES string of the molecule is CCO[SiH](OCC)OC(C=CN)(CC)CC. The molecule has 0 heterocycles. The summed E-state index contributed by atoms with van der Waals surface area (Å²) >= 11 is 0. The molecule has 96 valence electrons. The normalized spacial score (nSPS) is 12.8. The van der Waals surface area contributed by atoms with Crippen LogP contribution >= 0.6 is 0 Å². The Hall–Kier alpha value is -0.363. The van der Waals surface area contributed by atoms with Crippen LogP contribution in [0.15, 0.2) is 12.3 Å². The van der Waals surface area contributed by atoms with Crippen LogP contribution in [-0.4, -0.2) is 28.3 Å². The fraction of sp³-hybridized carbons (Fsp3) is 0.818. The first-order chi connectivity index (χ1) is 7.67. The predicted molar refractivity (Wildman–Crippen MR) is 68.1 cm³/mol. The molecule has 2 N–H and O–H groups in total. The van der Waals surface area contributed by atoms with Crippen LogP contribution < -0.4 is 5.73 Å². The monoisotopic (exact) mass is 247 g/mol. The molecule has 0 aromatic rings. The number of hydrogen-bond donors (Lipinski definition) is 1. The molecular weight excluding hydrogens is 222 g/mol. The van der Waals surface area contributed by atoms with E-state index in [1.54, 1.807) is 0 Å². The topological polar surface area (TPSA) is 53.7 Å². The van der Waals surface area contributed by atoms with Crippen molar-refractivity contribution in [3.8, 4) is 0 Å². The van der Waals surface area contributed by atoms with Crippen molar-refractivity contribution >= 4 is 9.53 Å². The van der Waals surface area contributed by atoms with E-state index in [1.807, 2.05) is 19.9 Å². The summed E-state index contributed by atoms with van der Waals surface area (Å²) in [5.41, 5.74) is 5.13. The largest absolute Gasteiger partial charge is 0.484 e. The van der Waals surface area contributed by atoms with Crippen molar-refractivity contribution < 1.29 is 13.3 Å². The summed E-state index contributed by atoms with van der Waals surface area (Å²) < 4.78 is 17.0. The van der Waals surface area contributed by atoms with Crippen molar-refractivity contribution in [2.75, 3.05) is 13.2 Å². The van der Waals surface area contributed by atoms with Gasteiger partial charge >= 0.3 is 9.53 Å². The third-order valence-corrected chi connectivity index (χ3v) is 4.41. The molecule has 0 aliphatic heterocycles. The lowest BCUT2D eigenvalue weighted by Crippen LogP contribution is -2.40. The van der Waals surface area contributed by atoms with Gasteiger partial charge in [-0.05, 0) is 39.0 Å². The lowest BCUT2D eigenvalue weighted by molar-refractivity contribution is 0.0175. The number of rotatable bonds is 9. The van der Waals surface area contributed by atoms with Crippen molar-refractivity contribution in [3.05, 3.63) is 12.3 Å². The molecule has 0 bridgehead atoms. The van der Waals surface area contributed by atoms with E-state index < -0.39 is 9.53 Å². The van der Waals surface area contributed by atoms with Gasteiger partial charge in [-0.15, -0.1) is 0 Å². The zero-order valence-corrected chi connectivity index (χ0v) is 12.0. The zero-order chi connectivity index (χ0) is 12.4. The Morgan fingerprint density at radius 3 is 1.88 bits per heavy atom. The minimum atomic E-state index is -2.03. The van der Waals surface area contributed by atoms with E-state index in [1.165, 1.54) is 6.20 Å². The molecule has 0 saturated carbocycles. The lowest BCUT2D eigenvalue weighted by atomic mass is 9.98. The van der Waals surface area contributed by atoms with E-state index in [-0.39, 0.29) is 5.60 Å². The maximum absolute atomic E-state index is 5.99. The van der Waals surface area contributed by atoms with Crippen molar-refractivity contribution in [2.45, 2.75) is 46.1 Å². The highest BCUT2D eigenvalue weighted by molar-refractivity contribution is 6.36. The first-order valence-corrected chi connectivity index (χ1v) is 7.39. The fourth-order valence-electron chi connectivity index (χ4n) is 1.45. The van der Waals surface area contributed by atoms with Gasteiger partial charge in [-0.2, -0.15) is 0 Å². The van der Waals surface area contributed by atoms with Gasteiger partial charge in [0.25, 0.3) is 0 Å². The standard InChI is InChI=1S/C11H25NO3Si/c1-5-11(6-2,9-10-12)15-16(13-7-3)14-8-4/h9-10,16H,5-8,12H2,1-4H3. The van der Waals surface area contributed by atoms with Gasteiger partial charge in [0.1, 0.15) is 0 Å². The van der Waals surface area contributed by atoms with Crippen LogP contribution in [0.2, 0.25) is 0 Å². The van der Waals surface area contributed by atoms with Crippen LogP contribution in [0.5, 0.6) is 0 Å². The van der Waals surface area contributed by atoms with Crippen molar-refractivity contribution in [1.82, 2.24) is 0 Å². The first kappa shape index (κ1) is 15.6. The first-order valence-electron chi connectivity index (χ1n) is 5.98. The van der Waals surface area contributed by atoms with Gasteiger partial charge in [0.05, 0.1) is 5.60 Å². The number of nitrogens with two attached hydrogens (primary N) is 1. The van der Waals surface area contributed by atoms with Crippen LogP contribution in [0.3, 0.4) is 0 Å². The second kappa shape index (κ2) is 8.75. The van der Waals surface area contributed by atoms with E-state index in [0.717, 1.165) is 12.8 Å². The predicted octanol–water partition coefficient (Wildman–Crippen LogP) is 1.82. The minimum Gasteiger partial charge on any atom is -0.405 e. The molecule has 0 aromatic heterocycles. The molecular formula is C11H25NO3Si. The fourth-order valence-corrected chi connectivity index (χ4v) is 3.02. The molecule has 0 saturated heterocycles. The highest BCUT2D eigenvalue weighted by atomic mass is 28.3. The molecule has 0 radical (unpaired) electrons. The van der Waals surface area contributed by atoms with E-state index >= 15 is 0 Å². The van der Waals surface area contributed by atoms with Gasteiger partial charge in [-0.25, -0.2) is 0 Å². The molecule has 0 rings (SSSR count). The Morgan fingerprint density at radius 2 is 1.56 bits per heavy atom. The summed E-state index contributed by atoms with van der Waals surface area (Å²) in [7, 11) is -2.03. The van der Waals surface area contributed by atoms with Gasteiger partial charge in [0.2, 0.25) is 0 Å². The van der Waals surface area contributed by atoms with Crippen LogP contribution in [0.1, 0.15) is 40.5 Å². The van der Waals surface area contributed by atoms with Crippen molar-refractivity contribution in [3.63, 3.8) is 0 Å². The summed E-state index contributed by atoms with van der Waals surface area (Å²) in [4.78, 5) is 0. The average molecular weight is 247 g/mol. The summed E-state index contributed by atoms with van der Waals surface area (Å²) in [5.74, 6) is 0. The number of hydrogen-bond acceptors (Lipinski definition) is 4. The van der Waals surface area contributed by atoms with Crippen LogP contribution in [-0.2, 0) is 13.3 Å². The molecule has 0 unspecified atom stereocenters. The summed E-state index contributed by atoms with van der Waals surface area (Å²) in [6.07, 6.45) is 5.16. The molecule has 4 nitrogen and oxygen atoms in total. The van der Waals surface area contributed by atoms with Crippen LogP contribution in [0, 0.1) is 0 Å². The molecule has 0 amide bonds. The molecule has 0 atom stereocenters. The second-order valence-corrected chi connectivity index (χ2v) is 4.93. The van der Waals surface area contributed by atoms with Crippen molar-refractivity contribution in [2.24, 2.45) is 5.73 Å². The Labute approximate surface area is 101 Å². The Balaban J connectivity index is 4.54. The summed E-state index contributed by atoms with van der Waals surface area (Å²) in [5, 5.41) is 0. The molecule has 0 aliphatic rings. The molecule has 5 heteroatoms. The Kier molecular flexibility index (Phi) is 8.55. The van der Waals surface area contributed by atoms with E-state index in [0.29, 0.717) is 13.2 Å². The maximum Gasteiger partial charge on any atom is 0.484 e. The third-order valence-electron chi connectivity index (χ3n) is 2.53. The molecule has 0 fully saturated rings. The third kappa shape index (κ3) is 5.11. The molecule has 0 aliphatic carbocycles. The van der Waals surface area contributed by atoms with Gasteiger partial charge in [0, 0.05) is 13.2 Å². The minimum absolute atomic E-state index is 0.337. The molecule has 16 heavy (non-hydrogen) atoms. The van der Waals surface area contributed by atoms with Gasteiger partial charge in [-0.3, -0.25) is 0 Å². The van der Waals surface area contributed by atoms with Gasteiger partial charge in [0.15, 0.2) is 0 Å². The van der Waals surface area contributed by atoms with Crippen molar-refractivity contribution in [1.29, 1.82) is 0 Å². The lowest BCUT2D eigenvalue weighted by Gasteiger charge is -2.31. The quantitative estimate of drug-likeness (QED) is 0.632. The maximum atomic E-state index is 5.99. The van der Waals surface area contributed by atoms with Gasteiger partial charge in [-0.1, -0.05) is 13.8 Å². The molecule has 0 aromatic carbocycles. The molecule has 0 spiro atoms. The highest BCUT2D eigenvalue weighted by Crippen LogP contribution is 2.23. The summed E-state index contributed by atoms with van der Waals surface area (Å²) in [6.45, 7) is 9.28. The van der Waals surface area contributed by atoms with E-state index in [9.17, 15) is 0 Å². The van der Waals surface area contributed by atoms with Crippen LogP contribution in [0.25, 0.3) is 0 Å².